The highest BCUT2D eigenvalue weighted by Crippen LogP contribution is 2.21. The number of rotatable bonds is 5. The molecule has 0 aliphatic heterocycles. The van der Waals surface area contributed by atoms with E-state index in [2.05, 4.69) is 20.7 Å². The van der Waals surface area contributed by atoms with Gasteiger partial charge in [0, 0.05) is 5.33 Å². The Hall–Kier alpha value is -1.31. The minimum Gasteiger partial charge on any atom is -0.207 e. The van der Waals surface area contributed by atoms with Crippen molar-refractivity contribution in [3.63, 3.8) is 0 Å². The molecule has 1 unspecified atom stereocenters. The summed E-state index contributed by atoms with van der Waals surface area (Å²) in [6.07, 6.45) is 0. The third kappa shape index (κ3) is 3.87. The third-order valence-electron chi connectivity index (χ3n) is 2.84. The maximum absolute atomic E-state index is 13.6. The maximum atomic E-state index is 13.6. The van der Waals surface area contributed by atoms with Crippen LogP contribution < -0.4 is 4.72 Å². The summed E-state index contributed by atoms with van der Waals surface area (Å²) in [5.41, 5.74) is 0.717. The van der Waals surface area contributed by atoms with Crippen molar-refractivity contribution in [3.05, 3.63) is 65.7 Å². The summed E-state index contributed by atoms with van der Waals surface area (Å²) in [5.74, 6) is -1.81. The number of halogens is 3. The smallest absolute Gasteiger partial charge is 0.207 e. The van der Waals surface area contributed by atoms with Crippen molar-refractivity contribution < 1.29 is 17.2 Å². The van der Waals surface area contributed by atoms with Crippen LogP contribution in [0.4, 0.5) is 8.78 Å². The van der Waals surface area contributed by atoms with Gasteiger partial charge in [0.25, 0.3) is 0 Å². The molecule has 2 aromatic carbocycles. The Morgan fingerprint density at radius 1 is 1.10 bits per heavy atom. The number of alkyl halides is 1. The van der Waals surface area contributed by atoms with E-state index < -0.39 is 32.6 Å². The highest BCUT2D eigenvalue weighted by molar-refractivity contribution is 9.09. The summed E-state index contributed by atoms with van der Waals surface area (Å²) in [5, 5.41) is 0.299. The predicted molar refractivity (Wildman–Crippen MR) is 79.7 cm³/mol. The van der Waals surface area contributed by atoms with Gasteiger partial charge in [0.2, 0.25) is 10.0 Å². The van der Waals surface area contributed by atoms with E-state index in [0.29, 0.717) is 11.4 Å². The Balaban J connectivity index is 2.34. The SMILES string of the molecule is O=S(=O)(NC(CBr)c1ccccc1)c1cc(F)ccc1F. The van der Waals surface area contributed by atoms with Crippen LogP contribution in [0.2, 0.25) is 0 Å². The Morgan fingerprint density at radius 2 is 1.76 bits per heavy atom. The lowest BCUT2D eigenvalue weighted by molar-refractivity contribution is 0.539. The van der Waals surface area contributed by atoms with Crippen molar-refractivity contribution in [2.45, 2.75) is 10.9 Å². The molecule has 0 bridgehead atoms. The van der Waals surface area contributed by atoms with E-state index in [1.807, 2.05) is 0 Å². The molecule has 0 radical (unpaired) electrons. The van der Waals surface area contributed by atoms with E-state index in [0.717, 1.165) is 17.7 Å². The van der Waals surface area contributed by atoms with Gasteiger partial charge in [-0.25, -0.2) is 21.9 Å². The van der Waals surface area contributed by atoms with E-state index in [1.54, 1.807) is 30.3 Å². The van der Waals surface area contributed by atoms with Gasteiger partial charge in [-0.3, -0.25) is 0 Å². The van der Waals surface area contributed by atoms with Gasteiger partial charge in [0.05, 0.1) is 6.04 Å². The number of sulfonamides is 1. The van der Waals surface area contributed by atoms with Crippen LogP contribution in [0.1, 0.15) is 11.6 Å². The Morgan fingerprint density at radius 3 is 2.38 bits per heavy atom. The van der Waals surface area contributed by atoms with E-state index in [4.69, 9.17) is 0 Å². The predicted octanol–water partition coefficient (Wildman–Crippen LogP) is 3.38. The van der Waals surface area contributed by atoms with Crippen molar-refractivity contribution >= 4 is 26.0 Å². The molecular weight excluding hydrogens is 364 g/mol. The van der Waals surface area contributed by atoms with Gasteiger partial charge >= 0.3 is 0 Å². The van der Waals surface area contributed by atoms with Crippen LogP contribution in [0.15, 0.2) is 53.4 Å². The monoisotopic (exact) mass is 375 g/mol. The molecule has 0 aliphatic rings. The lowest BCUT2D eigenvalue weighted by Crippen LogP contribution is -2.30. The van der Waals surface area contributed by atoms with Gasteiger partial charge in [0.1, 0.15) is 16.5 Å². The van der Waals surface area contributed by atoms with Gasteiger partial charge < -0.3 is 0 Å². The highest BCUT2D eigenvalue weighted by Gasteiger charge is 2.24. The molecule has 0 heterocycles. The lowest BCUT2D eigenvalue weighted by atomic mass is 10.1. The van der Waals surface area contributed by atoms with E-state index in [-0.39, 0.29) is 0 Å². The van der Waals surface area contributed by atoms with E-state index >= 15 is 0 Å². The van der Waals surface area contributed by atoms with Crippen molar-refractivity contribution in [2.24, 2.45) is 0 Å². The van der Waals surface area contributed by atoms with Crippen LogP contribution in [0.3, 0.4) is 0 Å². The van der Waals surface area contributed by atoms with E-state index in [9.17, 15) is 17.2 Å². The molecule has 21 heavy (non-hydrogen) atoms. The summed E-state index contributed by atoms with van der Waals surface area (Å²) < 4.78 is 53.6. The quantitative estimate of drug-likeness (QED) is 0.814. The molecule has 0 saturated carbocycles. The molecule has 0 aromatic heterocycles. The zero-order valence-corrected chi connectivity index (χ0v) is 13.2. The summed E-state index contributed by atoms with van der Waals surface area (Å²) in [7, 11) is -4.17. The molecule has 112 valence electrons. The topological polar surface area (TPSA) is 46.2 Å². The molecule has 0 fully saturated rings. The molecule has 1 atom stereocenters. The van der Waals surface area contributed by atoms with Gasteiger partial charge in [-0.05, 0) is 23.8 Å². The first-order valence-corrected chi connectivity index (χ1v) is 8.63. The van der Waals surface area contributed by atoms with E-state index in [1.165, 1.54) is 0 Å². The van der Waals surface area contributed by atoms with Crippen LogP contribution in [-0.4, -0.2) is 13.7 Å². The Bertz CT molecular complexity index is 723. The van der Waals surface area contributed by atoms with Crippen LogP contribution in [0.25, 0.3) is 0 Å². The van der Waals surface area contributed by atoms with Crippen molar-refractivity contribution in [3.8, 4) is 0 Å². The first-order chi connectivity index (χ1) is 9.94. The molecule has 3 nitrogen and oxygen atoms in total. The van der Waals surface area contributed by atoms with Crippen LogP contribution >= 0.6 is 15.9 Å². The number of hydrogen-bond acceptors (Lipinski definition) is 2. The molecular formula is C14H12BrF2NO2S. The summed E-state index contributed by atoms with van der Waals surface area (Å²) in [6, 6.07) is 10.6. The maximum Gasteiger partial charge on any atom is 0.244 e. The number of hydrogen-bond donors (Lipinski definition) is 1. The molecule has 7 heteroatoms. The summed E-state index contributed by atoms with van der Waals surface area (Å²) in [4.78, 5) is -0.704. The molecule has 2 aromatic rings. The fourth-order valence-corrected chi connectivity index (χ4v) is 3.87. The molecule has 0 spiro atoms. The van der Waals surface area contributed by atoms with Crippen LogP contribution in [0.5, 0.6) is 0 Å². The van der Waals surface area contributed by atoms with Gasteiger partial charge in [-0.1, -0.05) is 46.3 Å². The fraction of sp³-hybridized carbons (Fsp3) is 0.143. The minimum atomic E-state index is -4.17. The van der Waals surface area contributed by atoms with Crippen molar-refractivity contribution in [2.75, 3.05) is 5.33 Å². The number of nitrogens with one attached hydrogen (secondary N) is 1. The Labute approximate surface area is 130 Å². The average molecular weight is 376 g/mol. The highest BCUT2D eigenvalue weighted by atomic mass is 79.9. The second-order valence-electron chi connectivity index (χ2n) is 4.31. The second kappa shape index (κ2) is 6.64. The van der Waals surface area contributed by atoms with Crippen molar-refractivity contribution in [1.29, 1.82) is 0 Å². The largest absolute Gasteiger partial charge is 0.244 e. The first kappa shape index (κ1) is 16.1. The standard InChI is InChI=1S/C14H12BrF2NO2S/c15-9-13(10-4-2-1-3-5-10)18-21(19,20)14-8-11(16)6-7-12(14)17/h1-8,13,18H,9H2. The first-order valence-electron chi connectivity index (χ1n) is 6.02. The summed E-state index contributed by atoms with van der Waals surface area (Å²) in [6.45, 7) is 0. The molecule has 1 N–H and O–H groups in total. The molecule has 0 aliphatic carbocycles. The fourth-order valence-electron chi connectivity index (χ4n) is 1.81. The number of benzene rings is 2. The second-order valence-corrected chi connectivity index (χ2v) is 6.64. The molecule has 2 rings (SSSR count). The molecule has 0 amide bonds. The average Bonchev–Trinajstić information content (AvgIpc) is 2.48. The zero-order chi connectivity index (χ0) is 15.5. The third-order valence-corrected chi connectivity index (χ3v) is 4.97. The van der Waals surface area contributed by atoms with Crippen LogP contribution in [-0.2, 0) is 10.0 Å². The van der Waals surface area contributed by atoms with Crippen LogP contribution in [0, 0.1) is 11.6 Å². The minimum absolute atomic E-state index is 0.299. The summed E-state index contributed by atoms with van der Waals surface area (Å²) >= 11 is 3.22. The Kier molecular flexibility index (Phi) is 5.08. The lowest BCUT2D eigenvalue weighted by Gasteiger charge is -2.17. The van der Waals surface area contributed by atoms with Crippen molar-refractivity contribution in [1.82, 2.24) is 4.72 Å². The zero-order valence-electron chi connectivity index (χ0n) is 10.8. The van der Waals surface area contributed by atoms with Gasteiger partial charge in [-0.15, -0.1) is 0 Å². The van der Waals surface area contributed by atoms with Gasteiger partial charge in [-0.2, -0.15) is 0 Å². The molecule has 0 saturated heterocycles. The normalized spacial score (nSPS) is 13.1. The van der Waals surface area contributed by atoms with Gasteiger partial charge in [0.15, 0.2) is 0 Å².